The lowest BCUT2D eigenvalue weighted by atomic mass is 9.86. The summed E-state index contributed by atoms with van der Waals surface area (Å²) in [6.45, 7) is 4.89. The number of rotatable bonds is 14. The van der Waals surface area contributed by atoms with Gasteiger partial charge in [0.2, 0.25) is 10.0 Å². The summed E-state index contributed by atoms with van der Waals surface area (Å²) in [4.78, 5) is 18.2. The highest BCUT2D eigenvalue weighted by atomic mass is 32.2. The summed E-state index contributed by atoms with van der Waals surface area (Å²) in [6.07, 6.45) is -0.962. The Balaban J connectivity index is 1.11. The molecule has 5 aliphatic rings. The minimum absolute atomic E-state index is 0.0303. The van der Waals surface area contributed by atoms with E-state index in [0.29, 0.717) is 25.0 Å². The predicted octanol–water partition coefficient (Wildman–Crippen LogP) is 3.61. The third kappa shape index (κ3) is 7.67. The van der Waals surface area contributed by atoms with Crippen molar-refractivity contribution in [2.24, 2.45) is 17.8 Å². The largest absolute Gasteiger partial charge is 0.497 e. The standard InChI is InChI=1S/C34H44N4O9S2/c1-19(2)14-38(49(41,42)23-10-11-26-30(13-23)48-33(36-26)35-21-6-7-21)15-28(39)27(12-20-4-8-22(43-3)9-5-20)37-34(40)47-31-24-16-45-32-25(24)17-44-29(31)18-46-32/h4-5,8-11,13,19,21,24-25,27-29,31-32,39H,6-7,12,14-18H2,1-3H3,(H,35,36)(H,37,40)/t24?,25?,27-,28+,29?,31?,32?/m0/s1. The van der Waals surface area contributed by atoms with E-state index >= 15 is 0 Å². The van der Waals surface area contributed by atoms with Crippen LogP contribution in [0, 0.1) is 17.8 Å². The summed E-state index contributed by atoms with van der Waals surface area (Å²) >= 11 is 1.43. The number of nitrogens with zero attached hydrogens (tertiary/aromatic N) is 2. The van der Waals surface area contributed by atoms with Crippen LogP contribution in [0.4, 0.5) is 9.93 Å². The number of aliphatic hydroxyl groups excluding tert-OH is 1. The molecule has 4 aliphatic heterocycles. The van der Waals surface area contributed by atoms with Gasteiger partial charge in [0.05, 0.1) is 54.2 Å². The summed E-state index contributed by atoms with van der Waals surface area (Å²) in [7, 11) is -2.46. The fourth-order valence-electron chi connectivity index (χ4n) is 6.77. The second-order valence-electron chi connectivity index (χ2n) is 13.8. The van der Waals surface area contributed by atoms with Crippen molar-refractivity contribution in [3.8, 4) is 5.75 Å². The van der Waals surface area contributed by atoms with E-state index in [4.69, 9.17) is 23.7 Å². The van der Waals surface area contributed by atoms with E-state index in [1.807, 2.05) is 26.0 Å². The van der Waals surface area contributed by atoms with Crippen molar-refractivity contribution in [3.05, 3.63) is 48.0 Å². The van der Waals surface area contributed by atoms with Crippen molar-refractivity contribution in [1.29, 1.82) is 0 Å². The van der Waals surface area contributed by atoms with Crippen molar-refractivity contribution < 1.29 is 42.0 Å². The first-order valence-corrected chi connectivity index (χ1v) is 19.1. The number of nitrogens with one attached hydrogen (secondary N) is 2. The summed E-state index contributed by atoms with van der Waals surface area (Å²) in [5, 5.41) is 18.8. The molecule has 1 aromatic heterocycles. The molecule has 5 heterocycles. The van der Waals surface area contributed by atoms with Crippen LogP contribution in [0.15, 0.2) is 47.4 Å². The summed E-state index contributed by atoms with van der Waals surface area (Å²) in [6, 6.07) is 11.7. The molecule has 15 heteroatoms. The van der Waals surface area contributed by atoms with Crippen molar-refractivity contribution in [1.82, 2.24) is 14.6 Å². The number of aliphatic hydroxyl groups is 1. The van der Waals surface area contributed by atoms with Crippen molar-refractivity contribution in [2.75, 3.05) is 45.3 Å². The van der Waals surface area contributed by atoms with Crippen molar-refractivity contribution in [3.63, 3.8) is 0 Å². The number of benzene rings is 2. The monoisotopic (exact) mass is 716 g/mol. The topological polar surface area (TPSA) is 158 Å². The Bertz CT molecular complexity index is 1730. The Labute approximate surface area is 290 Å². The van der Waals surface area contributed by atoms with E-state index in [2.05, 4.69) is 15.6 Å². The molecule has 5 fully saturated rings. The van der Waals surface area contributed by atoms with Crippen molar-refractivity contribution in [2.45, 2.75) is 74.7 Å². The quantitative estimate of drug-likeness (QED) is 0.224. The number of carbonyl (C=O) groups excluding carboxylic acids is 1. The van der Waals surface area contributed by atoms with Crippen LogP contribution in [0.3, 0.4) is 0 Å². The fourth-order valence-corrected chi connectivity index (χ4v) is 9.47. The highest BCUT2D eigenvalue weighted by molar-refractivity contribution is 7.89. The Kier molecular flexibility index (Phi) is 10.0. The minimum Gasteiger partial charge on any atom is -0.497 e. The highest BCUT2D eigenvalue weighted by Gasteiger charge is 2.54. The first kappa shape index (κ1) is 34.4. The van der Waals surface area contributed by atoms with E-state index in [1.165, 1.54) is 15.6 Å². The number of hydrogen-bond donors (Lipinski definition) is 3. The summed E-state index contributed by atoms with van der Waals surface area (Å²) in [5.41, 5.74) is 1.54. The molecule has 2 aromatic carbocycles. The molecule has 1 saturated carbocycles. The molecule has 3 N–H and O–H groups in total. The molecule has 7 atom stereocenters. The van der Waals surface area contributed by atoms with Gasteiger partial charge in [-0.3, -0.25) is 0 Å². The van der Waals surface area contributed by atoms with Crippen LogP contribution in [0.1, 0.15) is 32.3 Å². The van der Waals surface area contributed by atoms with Crippen LogP contribution < -0.4 is 15.4 Å². The zero-order chi connectivity index (χ0) is 34.3. The maximum Gasteiger partial charge on any atom is 0.407 e. The lowest BCUT2D eigenvalue weighted by molar-refractivity contribution is -0.145. The first-order valence-electron chi connectivity index (χ1n) is 16.9. The number of thiazole rings is 1. The number of methoxy groups -OCH3 is 1. The van der Waals surface area contributed by atoms with Gasteiger partial charge in [-0.2, -0.15) is 4.31 Å². The van der Waals surface area contributed by atoms with Crippen molar-refractivity contribution >= 4 is 42.8 Å². The average molecular weight is 717 g/mol. The molecule has 8 rings (SSSR count). The molecule has 5 unspecified atom stereocenters. The number of sulfonamides is 1. The van der Waals surface area contributed by atoms with Crippen LogP contribution in [0.25, 0.3) is 10.2 Å². The smallest absolute Gasteiger partial charge is 0.407 e. The molecule has 266 valence electrons. The van der Waals surface area contributed by atoms with Gasteiger partial charge in [0.25, 0.3) is 0 Å². The third-order valence-electron chi connectivity index (χ3n) is 9.56. The van der Waals surface area contributed by atoms with Gasteiger partial charge in [0.1, 0.15) is 18.0 Å². The van der Waals surface area contributed by atoms with Gasteiger partial charge in [0.15, 0.2) is 11.4 Å². The molecule has 4 bridgehead atoms. The van der Waals surface area contributed by atoms with Gasteiger partial charge in [-0.25, -0.2) is 18.2 Å². The molecule has 4 saturated heterocycles. The molecular formula is C34H44N4O9S2. The van der Waals surface area contributed by atoms with Crippen LogP contribution in [0.5, 0.6) is 5.75 Å². The van der Waals surface area contributed by atoms with Gasteiger partial charge < -0.3 is 39.4 Å². The number of alkyl carbamates (subject to hydrolysis) is 1. The number of hydrogen-bond acceptors (Lipinski definition) is 12. The number of aromatic nitrogens is 1. The van der Waals surface area contributed by atoms with Gasteiger partial charge in [-0.15, -0.1) is 0 Å². The average Bonchev–Trinajstić information content (AvgIpc) is 3.73. The Hall–Kier alpha value is -3.05. The molecule has 1 amide bonds. The normalized spacial score (nSPS) is 26.1. The molecular weight excluding hydrogens is 673 g/mol. The third-order valence-corrected chi connectivity index (χ3v) is 12.3. The number of fused-ring (bicyclic) bond motifs is 3. The predicted molar refractivity (Wildman–Crippen MR) is 182 cm³/mol. The second-order valence-corrected chi connectivity index (χ2v) is 16.7. The van der Waals surface area contributed by atoms with Gasteiger partial charge in [-0.05, 0) is 61.1 Å². The van der Waals surface area contributed by atoms with Crippen LogP contribution in [0.2, 0.25) is 0 Å². The summed E-state index contributed by atoms with van der Waals surface area (Å²) < 4.78 is 59.2. The van der Waals surface area contributed by atoms with Gasteiger partial charge >= 0.3 is 6.09 Å². The molecule has 3 aromatic rings. The molecule has 49 heavy (non-hydrogen) atoms. The molecule has 1 aliphatic carbocycles. The molecule has 0 spiro atoms. The molecule has 0 radical (unpaired) electrons. The van der Waals surface area contributed by atoms with E-state index in [-0.39, 0.29) is 55.1 Å². The van der Waals surface area contributed by atoms with Crippen LogP contribution >= 0.6 is 11.3 Å². The number of amides is 1. The van der Waals surface area contributed by atoms with Crippen LogP contribution in [-0.4, -0.2) is 106 Å². The maximum atomic E-state index is 14.2. The van der Waals surface area contributed by atoms with E-state index in [1.54, 1.807) is 37.4 Å². The Morgan fingerprint density at radius 3 is 2.55 bits per heavy atom. The molecule has 13 nitrogen and oxygen atoms in total. The van der Waals surface area contributed by atoms with Crippen LogP contribution in [-0.2, 0) is 35.4 Å². The first-order chi connectivity index (χ1) is 23.6. The Morgan fingerprint density at radius 1 is 1.06 bits per heavy atom. The summed E-state index contributed by atoms with van der Waals surface area (Å²) in [5.74, 6) is 0.535. The van der Waals surface area contributed by atoms with Gasteiger partial charge in [0, 0.05) is 31.0 Å². The van der Waals surface area contributed by atoms with Gasteiger partial charge in [-0.1, -0.05) is 37.3 Å². The highest BCUT2D eigenvalue weighted by Crippen LogP contribution is 2.41. The Morgan fingerprint density at radius 2 is 1.82 bits per heavy atom. The number of ether oxygens (including phenoxy) is 5. The minimum atomic E-state index is -4.04. The lowest BCUT2D eigenvalue weighted by Gasteiger charge is -2.36. The van der Waals surface area contributed by atoms with E-state index in [9.17, 15) is 18.3 Å². The fraction of sp³-hybridized carbons (Fsp3) is 0.588. The number of anilines is 1. The van der Waals surface area contributed by atoms with E-state index < -0.39 is 40.5 Å². The SMILES string of the molecule is COc1ccc(C[C@H](NC(=O)OC2C3COC4OCC2C4CO3)[C@H](O)CN(CC(C)C)S(=O)(=O)c2ccc3nc(NC4CC4)sc3c2)cc1. The lowest BCUT2D eigenvalue weighted by Crippen LogP contribution is -2.54. The zero-order valence-corrected chi connectivity index (χ0v) is 29.5. The zero-order valence-electron chi connectivity index (χ0n) is 27.8. The second kappa shape index (κ2) is 14.3. The number of carbonyl (C=O) groups is 1. The maximum absolute atomic E-state index is 14.2. The van der Waals surface area contributed by atoms with E-state index in [0.717, 1.165) is 33.8 Å².